The first-order chi connectivity index (χ1) is 12.7. The Kier molecular flexibility index (Phi) is 5.53. The molecule has 0 bridgehead atoms. The minimum absolute atomic E-state index is 0.00995. The highest BCUT2D eigenvalue weighted by Gasteiger charge is 2.38. The number of rotatable bonds is 6. The smallest absolute Gasteiger partial charge is 0.283 e. The number of carbonyl (C=O) groups is 1. The van der Waals surface area contributed by atoms with E-state index in [9.17, 15) is 18.0 Å². The molecule has 4 nitrogen and oxygen atoms in total. The molecule has 1 aliphatic carbocycles. The van der Waals surface area contributed by atoms with Gasteiger partial charge in [-0.25, -0.2) is 13.5 Å². The molecule has 2 aromatic rings. The fourth-order valence-corrected chi connectivity index (χ4v) is 3.56. The quantitative estimate of drug-likeness (QED) is 0.653. The molecule has 0 spiro atoms. The monoisotopic (exact) mass is 417 g/mol. The third-order valence-corrected chi connectivity index (χ3v) is 4.98. The molecule has 1 saturated carbocycles. The zero-order chi connectivity index (χ0) is 19.9. The van der Waals surface area contributed by atoms with Gasteiger partial charge < -0.3 is 4.90 Å². The zero-order valence-electron chi connectivity index (χ0n) is 14.4. The maximum Gasteiger partial charge on any atom is 0.283 e. The summed E-state index contributed by atoms with van der Waals surface area (Å²) in [5.74, 6) is -1.94. The Hall–Kier alpha value is -1.99. The van der Waals surface area contributed by atoms with Crippen molar-refractivity contribution in [1.29, 1.82) is 0 Å². The van der Waals surface area contributed by atoms with Gasteiger partial charge in [0, 0.05) is 35.2 Å². The van der Waals surface area contributed by atoms with Crippen LogP contribution in [-0.2, 0) is 7.05 Å². The van der Waals surface area contributed by atoms with E-state index in [1.165, 1.54) is 11.9 Å². The average molecular weight is 418 g/mol. The van der Waals surface area contributed by atoms with E-state index < -0.39 is 29.5 Å². The first kappa shape index (κ1) is 19.8. The van der Waals surface area contributed by atoms with Gasteiger partial charge in [-0.3, -0.25) is 4.79 Å². The number of benzene rings is 1. The molecule has 1 aliphatic rings. The fourth-order valence-electron chi connectivity index (χ4n) is 2.89. The lowest BCUT2D eigenvalue weighted by atomic mass is 10.1. The number of alkyl halides is 2. The molecule has 0 N–H and O–H groups in total. The van der Waals surface area contributed by atoms with Crippen LogP contribution in [0.3, 0.4) is 0 Å². The van der Waals surface area contributed by atoms with Crippen LogP contribution in [0.5, 0.6) is 0 Å². The van der Waals surface area contributed by atoms with Gasteiger partial charge in [-0.15, -0.1) is 0 Å². The molecule has 0 atom stereocenters. The van der Waals surface area contributed by atoms with Crippen molar-refractivity contribution in [2.24, 2.45) is 7.05 Å². The number of halogens is 5. The van der Waals surface area contributed by atoms with E-state index in [0.717, 1.165) is 0 Å². The Labute approximate surface area is 164 Å². The summed E-state index contributed by atoms with van der Waals surface area (Å²) < 4.78 is 41.4. The molecular weight excluding hydrogens is 402 g/mol. The summed E-state index contributed by atoms with van der Waals surface area (Å²) in [6, 6.07) is 4.76. The van der Waals surface area contributed by atoms with Crippen molar-refractivity contribution >= 4 is 34.7 Å². The van der Waals surface area contributed by atoms with E-state index in [1.807, 2.05) is 0 Å². The second kappa shape index (κ2) is 7.56. The van der Waals surface area contributed by atoms with Gasteiger partial charge in [-0.2, -0.15) is 9.49 Å². The lowest BCUT2D eigenvalue weighted by Gasteiger charge is -2.24. The second-order valence-corrected chi connectivity index (χ2v) is 7.15. The number of amides is 1. The molecule has 0 aliphatic heterocycles. The third kappa shape index (κ3) is 3.84. The largest absolute Gasteiger partial charge is 0.331 e. The van der Waals surface area contributed by atoms with Crippen LogP contribution in [0.4, 0.5) is 13.2 Å². The van der Waals surface area contributed by atoms with Gasteiger partial charge in [0.15, 0.2) is 0 Å². The molecule has 144 valence electrons. The number of carbonyl (C=O) groups excluding carboxylic acids is 1. The van der Waals surface area contributed by atoms with Crippen molar-refractivity contribution in [2.45, 2.75) is 25.3 Å². The maximum absolute atomic E-state index is 14.3. The van der Waals surface area contributed by atoms with Crippen LogP contribution in [0.25, 0.3) is 5.57 Å². The zero-order valence-corrected chi connectivity index (χ0v) is 15.9. The summed E-state index contributed by atoms with van der Waals surface area (Å²) in [5.41, 5.74) is -0.668. The van der Waals surface area contributed by atoms with E-state index in [2.05, 4.69) is 11.7 Å². The van der Waals surface area contributed by atoms with Gasteiger partial charge in [0.05, 0.1) is 0 Å². The van der Waals surface area contributed by atoms with Crippen molar-refractivity contribution in [2.75, 3.05) is 6.54 Å². The first-order valence-corrected chi connectivity index (χ1v) is 8.91. The average Bonchev–Trinajstić information content (AvgIpc) is 3.38. The summed E-state index contributed by atoms with van der Waals surface area (Å²) in [6.45, 7) is 3.92. The van der Waals surface area contributed by atoms with Crippen molar-refractivity contribution in [3.8, 4) is 0 Å². The van der Waals surface area contributed by atoms with E-state index in [0.29, 0.717) is 38.7 Å². The van der Waals surface area contributed by atoms with Gasteiger partial charge in [-0.05, 0) is 30.5 Å². The second-order valence-electron chi connectivity index (χ2n) is 6.34. The van der Waals surface area contributed by atoms with Crippen LogP contribution in [0.1, 0.15) is 40.9 Å². The summed E-state index contributed by atoms with van der Waals surface area (Å²) in [7, 11) is 1.17. The predicted molar refractivity (Wildman–Crippen MR) is 97.7 cm³/mol. The van der Waals surface area contributed by atoms with Crippen molar-refractivity contribution in [3.05, 3.63) is 57.6 Å². The Balaban J connectivity index is 1.94. The fraction of sp³-hybridized carbons (Fsp3) is 0.333. The SMILES string of the molecule is C=C(CN(C(=O)c1c(C(F)F)nn(C)c1F)C1CC1)c1c(Cl)cccc1Cl. The Morgan fingerprint density at radius 2 is 1.93 bits per heavy atom. The summed E-state index contributed by atoms with van der Waals surface area (Å²) in [5, 5.41) is 4.15. The molecule has 1 heterocycles. The van der Waals surface area contributed by atoms with Gasteiger partial charge >= 0.3 is 0 Å². The first-order valence-electron chi connectivity index (χ1n) is 8.16. The number of hydrogen-bond donors (Lipinski definition) is 0. The van der Waals surface area contributed by atoms with Crippen LogP contribution < -0.4 is 0 Å². The van der Waals surface area contributed by atoms with E-state index >= 15 is 0 Å². The number of hydrogen-bond acceptors (Lipinski definition) is 2. The molecule has 1 aromatic carbocycles. The van der Waals surface area contributed by atoms with Crippen LogP contribution in [0, 0.1) is 5.95 Å². The molecule has 27 heavy (non-hydrogen) atoms. The number of nitrogens with zero attached hydrogens (tertiary/aromatic N) is 3. The molecule has 1 amide bonds. The molecule has 3 rings (SSSR count). The summed E-state index contributed by atoms with van der Waals surface area (Å²) >= 11 is 12.3. The summed E-state index contributed by atoms with van der Waals surface area (Å²) in [4.78, 5) is 14.2. The molecule has 9 heteroatoms. The molecule has 1 fully saturated rings. The topological polar surface area (TPSA) is 38.1 Å². The standard InChI is InChI=1S/C18H16Cl2F3N3O/c1-9(13-11(19)4-3-5-12(13)20)8-26(10-6-7-10)18(27)14-15(16(21)22)24-25(2)17(14)23/h3-5,10,16H,1,6-8H2,2H3. The lowest BCUT2D eigenvalue weighted by molar-refractivity contribution is 0.0747. The van der Waals surface area contributed by atoms with Gasteiger partial charge in [0.2, 0.25) is 5.95 Å². The van der Waals surface area contributed by atoms with Gasteiger partial charge in [0.25, 0.3) is 12.3 Å². The molecule has 0 radical (unpaired) electrons. The van der Waals surface area contributed by atoms with Crippen LogP contribution in [0.2, 0.25) is 10.0 Å². The molecule has 0 saturated heterocycles. The van der Waals surface area contributed by atoms with Crippen molar-refractivity contribution in [3.63, 3.8) is 0 Å². The predicted octanol–water partition coefficient (Wildman–Crippen LogP) is 5.12. The Morgan fingerprint density at radius 1 is 1.33 bits per heavy atom. The van der Waals surface area contributed by atoms with E-state index in [1.54, 1.807) is 18.2 Å². The highest BCUT2D eigenvalue weighted by atomic mass is 35.5. The molecule has 1 aromatic heterocycles. The van der Waals surface area contributed by atoms with Crippen LogP contribution in [0.15, 0.2) is 24.8 Å². The normalized spacial score (nSPS) is 13.9. The maximum atomic E-state index is 14.3. The Bertz CT molecular complexity index is 889. The minimum Gasteiger partial charge on any atom is -0.331 e. The lowest BCUT2D eigenvalue weighted by Crippen LogP contribution is -2.35. The van der Waals surface area contributed by atoms with Crippen molar-refractivity contribution in [1.82, 2.24) is 14.7 Å². The van der Waals surface area contributed by atoms with Gasteiger partial charge in [-0.1, -0.05) is 35.8 Å². The van der Waals surface area contributed by atoms with E-state index in [-0.39, 0.29) is 12.6 Å². The third-order valence-electron chi connectivity index (χ3n) is 4.35. The van der Waals surface area contributed by atoms with Gasteiger partial charge in [0.1, 0.15) is 11.3 Å². The van der Waals surface area contributed by atoms with Crippen molar-refractivity contribution < 1.29 is 18.0 Å². The summed E-state index contributed by atoms with van der Waals surface area (Å²) in [6.07, 6.45) is -1.68. The van der Waals surface area contributed by atoms with Crippen LogP contribution in [-0.4, -0.2) is 33.2 Å². The number of aryl methyl sites for hydroxylation is 1. The minimum atomic E-state index is -3.07. The molecule has 0 unspecified atom stereocenters. The number of aromatic nitrogens is 2. The molecular formula is C18H16Cl2F3N3O. The Morgan fingerprint density at radius 3 is 2.44 bits per heavy atom. The highest BCUT2D eigenvalue weighted by molar-refractivity contribution is 6.37. The highest BCUT2D eigenvalue weighted by Crippen LogP contribution is 2.35. The van der Waals surface area contributed by atoms with E-state index in [4.69, 9.17) is 23.2 Å². The van der Waals surface area contributed by atoms with Crippen LogP contribution >= 0.6 is 23.2 Å².